The van der Waals surface area contributed by atoms with Crippen molar-refractivity contribution in [3.05, 3.63) is 65.8 Å². The van der Waals surface area contributed by atoms with E-state index in [0.29, 0.717) is 24.5 Å². The molecule has 0 saturated heterocycles. The predicted molar refractivity (Wildman–Crippen MR) is 187 cm³/mol. The molecule has 0 fully saturated rings. The van der Waals surface area contributed by atoms with E-state index in [1.54, 1.807) is 43.3 Å². The summed E-state index contributed by atoms with van der Waals surface area (Å²) in [5.74, 6) is -0.187. The summed E-state index contributed by atoms with van der Waals surface area (Å²) in [4.78, 5) is 0.318. The van der Waals surface area contributed by atoms with E-state index in [9.17, 15) is 13.5 Å². The zero-order chi connectivity index (χ0) is 33.8. The topological polar surface area (TPSA) is 82.1 Å². The second-order valence-electron chi connectivity index (χ2n) is 14.3. The van der Waals surface area contributed by atoms with Crippen molar-refractivity contribution in [2.24, 2.45) is 11.8 Å². The first-order chi connectivity index (χ1) is 20.2. The van der Waals surface area contributed by atoms with Crippen molar-refractivity contribution in [3.8, 4) is 0 Å². The number of benzene rings is 1. The summed E-state index contributed by atoms with van der Waals surface area (Å²) >= 11 is 0. The highest BCUT2D eigenvalue weighted by atomic mass is 32.2. The van der Waals surface area contributed by atoms with Crippen LogP contribution in [0, 0.1) is 11.8 Å². The maximum atomic E-state index is 13.1. The van der Waals surface area contributed by atoms with E-state index in [-0.39, 0.29) is 28.7 Å². The lowest BCUT2D eigenvalue weighted by atomic mass is 9.91. The number of aliphatic hydroxyl groups is 1. The van der Waals surface area contributed by atoms with Gasteiger partial charge in [-0.15, -0.1) is 0 Å². The summed E-state index contributed by atoms with van der Waals surface area (Å²) in [6.45, 7) is 26.2. The molecule has 0 radical (unpaired) electrons. The fourth-order valence-electron chi connectivity index (χ4n) is 4.44. The van der Waals surface area contributed by atoms with Gasteiger partial charge >= 0.3 is 0 Å². The monoisotopic (exact) mass is 650 g/mol. The van der Waals surface area contributed by atoms with Crippen LogP contribution in [-0.2, 0) is 23.7 Å². The Morgan fingerprint density at radius 2 is 1.64 bits per heavy atom. The molecule has 1 N–H and O–H groups in total. The quantitative estimate of drug-likeness (QED) is 0.0915. The van der Waals surface area contributed by atoms with Crippen molar-refractivity contribution >= 4 is 18.2 Å². The summed E-state index contributed by atoms with van der Waals surface area (Å²) in [6, 6.07) is 8.53. The Morgan fingerprint density at radius 1 is 1.02 bits per heavy atom. The summed E-state index contributed by atoms with van der Waals surface area (Å²) in [5, 5.41) is 11.6. The molecule has 0 amide bonds. The number of ether oxygens (including phenoxy) is 2. The van der Waals surface area contributed by atoms with Gasteiger partial charge in [-0.3, -0.25) is 0 Å². The Labute approximate surface area is 271 Å². The van der Waals surface area contributed by atoms with E-state index >= 15 is 0 Å². The van der Waals surface area contributed by atoms with Crippen molar-refractivity contribution in [1.29, 1.82) is 0 Å². The number of allylic oxidation sites excluding steroid dienone is 3. The Morgan fingerprint density at radius 3 is 2.18 bits per heavy atom. The van der Waals surface area contributed by atoms with Crippen LogP contribution in [0.1, 0.15) is 88.5 Å². The van der Waals surface area contributed by atoms with Crippen LogP contribution >= 0.6 is 0 Å². The number of sulfone groups is 1. The van der Waals surface area contributed by atoms with E-state index in [1.165, 1.54) is 11.1 Å². The number of hydrogen-bond acceptors (Lipinski definition) is 6. The van der Waals surface area contributed by atoms with E-state index in [1.807, 2.05) is 33.8 Å². The van der Waals surface area contributed by atoms with Crippen LogP contribution in [-0.4, -0.2) is 58.8 Å². The van der Waals surface area contributed by atoms with E-state index < -0.39 is 30.0 Å². The summed E-state index contributed by atoms with van der Waals surface area (Å²) in [5.41, 5.74) is 1.19. The van der Waals surface area contributed by atoms with Gasteiger partial charge in [0.15, 0.2) is 24.4 Å². The normalized spacial score (nSPS) is 17.6. The molecule has 0 spiro atoms. The lowest BCUT2D eigenvalue weighted by molar-refractivity contribution is -0.154. The van der Waals surface area contributed by atoms with Crippen molar-refractivity contribution in [1.82, 2.24) is 0 Å². The van der Waals surface area contributed by atoms with Gasteiger partial charge in [0.1, 0.15) is 0 Å². The lowest BCUT2D eigenvalue weighted by Crippen LogP contribution is -2.41. The average Bonchev–Trinajstić information content (AvgIpc) is 2.89. The minimum atomic E-state index is -3.46. The van der Waals surface area contributed by atoms with Crippen LogP contribution in [0.4, 0.5) is 0 Å². The minimum absolute atomic E-state index is 0.0184. The molecule has 6 nitrogen and oxygen atoms in total. The maximum absolute atomic E-state index is 13.1. The standard InChI is InChI=1S/C36H62O6SSi/c1-13-40-31(6)42-33(24-29(4)18-17-19-30(5)26-41-44(11,12)35(7,8)9)25-36(10,37)23-22-32(28(2)3)27-43(38,39)34-20-15-14-16-21-34/h14-16,19-24,28,31-33,37H,13,17-18,25-27H2,1-12H3/b23-22+,29-24+,30-19+. The molecule has 0 heterocycles. The van der Waals surface area contributed by atoms with Gasteiger partial charge in [-0.05, 0) is 89.6 Å². The third-order valence-corrected chi connectivity index (χ3v) is 14.7. The average molecular weight is 651 g/mol. The molecule has 1 rings (SSSR count). The molecule has 4 unspecified atom stereocenters. The third kappa shape index (κ3) is 15.2. The second-order valence-corrected chi connectivity index (χ2v) is 21.1. The van der Waals surface area contributed by atoms with Gasteiger partial charge in [0.25, 0.3) is 0 Å². The predicted octanol–water partition coefficient (Wildman–Crippen LogP) is 8.89. The molecule has 4 atom stereocenters. The summed E-state index contributed by atoms with van der Waals surface area (Å²) < 4.78 is 44.3. The maximum Gasteiger partial charge on any atom is 0.192 e. The van der Waals surface area contributed by atoms with Gasteiger partial charge in [0, 0.05) is 13.0 Å². The van der Waals surface area contributed by atoms with Gasteiger partial charge in [0.05, 0.1) is 29.0 Å². The number of rotatable bonds is 19. The summed E-state index contributed by atoms with van der Waals surface area (Å²) in [6.07, 6.45) is 9.17. The van der Waals surface area contributed by atoms with Crippen LogP contribution in [0.2, 0.25) is 18.1 Å². The van der Waals surface area contributed by atoms with Crippen molar-refractivity contribution < 1.29 is 27.4 Å². The first kappa shape index (κ1) is 40.5. The zero-order valence-electron chi connectivity index (χ0n) is 29.6. The lowest BCUT2D eigenvalue weighted by Gasteiger charge is -2.36. The molecule has 0 bridgehead atoms. The van der Waals surface area contributed by atoms with Gasteiger partial charge in [-0.1, -0.05) is 88.3 Å². The Hall–Kier alpha value is -1.55. The molecular weight excluding hydrogens is 589 g/mol. The molecule has 0 aromatic heterocycles. The zero-order valence-corrected chi connectivity index (χ0v) is 31.5. The van der Waals surface area contributed by atoms with Crippen LogP contribution < -0.4 is 0 Å². The van der Waals surface area contributed by atoms with Crippen molar-refractivity contribution in [2.75, 3.05) is 19.0 Å². The van der Waals surface area contributed by atoms with Gasteiger partial charge in [-0.25, -0.2) is 8.42 Å². The highest BCUT2D eigenvalue weighted by Crippen LogP contribution is 2.36. The first-order valence-corrected chi connectivity index (χ1v) is 20.7. The molecule has 0 aliphatic heterocycles. The molecule has 44 heavy (non-hydrogen) atoms. The fourth-order valence-corrected chi connectivity index (χ4v) is 7.23. The molecular formula is C36H62O6SSi. The molecule has 8 heteroatoms. The van der Waals surface area contributed by atoms with Gasteiger partial charge in [0.2, 0.25) is 0 Å². The van der Waals surface area contributed by atoms with Crippen LogP contribution in [0.3, 0.4) is 0 Å². The van der Waals surface area contributed by atoms with E-state index in [4.69, 9.17) is 13.9 Å². The molecule has 1 aromatic carbocycles. The van der Waals surface area contributed by atoms with Crippen molar-refractivity contribution in [3.63, 3.8) is 0 Å². The van der Waals surface area contributed by atoms with Crippen molar-refractivity contribution in [2.45, 2.75) is 130 Å². The third-order valence-electron chi connectivity index (χ3n) is 8.42. The van der Waals surface area contributed by atoms with Gasteiger partial charge < -0.3 is 19.0 Å². The molecule has 0 aliphatic rings. The minimum Gasteiger partial charge on any atom is -0.413 e. The molecule has 1 aromatic rings. The van der Waals surface area contributed by atoms with Crippen LogP contribution in [0.5, 0.6) is 0 Å². The van der Waals surface area contributed by atoms with E-state index in [0.717, 1.165) is 12.8 Å². The highest BCUT2D eigenvalue weighted by Gasteiger charge is 2.37. The highest BCUT2D eigenvalue weighted by molar-refractivity contribution is 7.91. The largest absolute Gasteiger partial charge is 0.413 e. The number of hydrogen-bond donors (Lipinski definition) is 1. The summed E-state index contributed by atoms with van der Waals surface area (Å²) in [7, 11) is -5.24. The van der Waals surface area contributed by atoms with Crippen LogP contribution in [0.25, 0.3) is 0 Å². The van der Waals surface area contributed by atoms with Gasteiger partial charge in [-0.2, -0.15) is 0 Å². The SMILES string of the molecule is CCOC(C)OC(/C=C(\C)CC/C=C(\C)CO[Si](C)(C)C(C)(C)C)CC(C)(O)/C=C/C(CS(=O)(=O)c1ccccc1)C(C)C. The molecule has 0 saturated carbocycles. The first-order valence-electron chi connectivity index (χ1n) is 16.1. The van der Waals surface area contributed by atoms with Crippen LogP contribution in [0.15, 0.2) is 70.7 Å². The molecule has 252 valence electrons. The fraction of sp³-hybridized carbons (Fsp3) is 0.667. The Bertz CT molecular complexity index is 1180. The molecule has 0 aliphatic carbocycles. The Kier molecular flexibility index (Phi) is 16.5. The smallest absolute Gasteiger partial charge is 0.192 e. The van der Waals surface area contributed by atoms with E-state index in [2.05, 4.69) is 59.9 Å². The second kappa shape index (κ2) is 18.0. The Balaban J connectivity index is 2.99.